The van der Waals surface area contributed by atoms with E-state index in [0.717, 1.165) is 48.8 Å². The maximum Gasteiger partial charge on any atom is 0.303 e. The van der Waals surface area contributed by atoms with Crippen molar-refractivity contribution in [2.45, 2.75) is 20.0 Å². The maximum absolute atomic E-state index is 11.1. The highest BCUT2D eigenvalue weighted by atomic mass is 16.5. The van der Waals surface area contributed by atoms with Gasteiger partial charge in [0.1, 0.15) is 5.82 Å². The number of esters is 1. The summed E-state index contributed by atoms with van der Waals surface area (Å²) in [5.74, 6) is 1.89. The largest absolute Gasteiger partial charge is 0.455 e. The van der Waals surface area contributed by atoms with Crippen molar-refractivity contribution in [3.05, 3.63) is 42.4 Å². The van der Waals surface area contributed by atoms with E-state index in [9.17, 15) is 4.79 Å². The first-order chi connectivity index (χ1) is 13.1. The van der Waals surface area contributed by atoms with Crippen molar-refractivity contribution in [2.24, 2.45) is 0 Å². The van der Waals surface area contributed by atoms with Crippen LogP contribution in [-0.4, -0.2) is 47.3 Å². The molecule has 0 N–H and O–H groups in total. The Morgan fingerprint density at radius 1 is 1.15 bits per heavy atom. The molecule has 1 saturated heterocycles. The average molecular weight is 367 g/mol. The predicted molar refractivity (Wildman–Crippen MR) is 101 cm³/mol. The number of nitrogens with zero attached hydrogens (tertiary/aromatic N) is 5. The summed E-state index contributed by atoms with van der Waals surface area (Å²) in [7, 11) is 0. The van der Waals surface area contributed by atoms with E-state index in [-0.39, 0.29) is 5.97 Å². The molecule has 1 fully saturated rings. The molecule has 0 radical (unpaired) electrons. The van der Waals surface area contributed by atoms with Crippen LogP contribution in [0.2, 0.25) is 0 Å². The second-order valence-corrected chi connectivity index (χ2v) is 6.50. The van der Waals surface area contributed by atoms with Crippen LogP contribution in [-0.2, 0) is 9.53 Å². The number of hydrogen-bond acceptors (Lipinski definition) is 8. The molecule has 1 atom stereocenters. The molecule has 0 unspecified atom stereocenters. The molecule has 3 heterocycles. The van der Waals surface area contributed by atoms with Gasteiger partial charge in [0, 0.05) is 39.3 Å². The number of aromatic nitrogens is 3. The molecule has 0 bridgehead atoms. The lowest BCUT2D eigenvalue weighted by molar-refractivity contribution is -0.146. The third kappa shape index (κ3) is 3.55. The highest BCUT2D eigenvalue weighted by Crippen LogP contribution is 2.27. The molecule has 0 spiro atoms. The van der Waals surface area contributed by atoms with Crippen molar-refractivity contribution < 1.29 is 14.1 Å². The number of carbonyl (C=O) groups excluding carboxylic acids is 1. The summed E-state index contributed by atoms with van der Waals surface area (Å²) in [5.41, 5.74) is 0.801. The van der Waals surface area contributed by atoms with Crippen LogP contribution in [0.4, 0.5) is 11.6 Å². The summed E-state index contributed by atoms with van der Waals surface area (Å²) >= 11 is 0. The summed E-state index contributed by atoms with van der Waals surface area (Å²) in [6.07, 6.45) is 1.24. The van der Waals surface area contributed by atoms with E-state index in [2.05, 4.69) is 24.9 Å². The molecule has 27 heavy (non-hydrogen) atoms. The number of ether oxygens (including phenoxy) is 1. The van der Waals surface area contributed by atoms with E-state index in [1.807, 2.05) is 30.3 Å². The van der Waals surface area contributed by atoms with Gasteiger partial charge >= 0.3 is 5.97 Å². The number of piperazine rings is 1. The Morgan fingerprint density at radius 3 is 2.67 bits per heavy atom. The summed E-state index contributed by atoms with van der Waals surface area (Å²) in [4.78, 5) is 24.4. The normalized spacial score (nSPS) is 15.8. The van der Waals surface area contributed by atoms with Gasteiger partial charge in [-0.1, -0.05) is 17.3 Å². The molecule has 1 aliphatic rings. The Labute approximate surface area is 156 Å². The lowest BCUT2D eigenvalue weighted by atomic mass is 10.2. The van der Waals surface area contributed by atoms with E-state index < -0.39 is 6.10 Å². The zero-order valence-corrected chi connectivity index (χ0v) is 15.3. The maximum atomic E-state index is 11.1. The number of carbonyl (C=O) groups is 1. The van der Waals surface area contributed by atoms with Crippen LogP contribution in [0.15, 0.2) is 41.1 Å². The zero-order chi connectivity index (χ0) is 18.8. The van der Waals surface area contributed by atoms with Crippen LogP contribution in [0.5, 0.6) is 0 Å². The third-order valence-electron chi connectivity index (χ3n) is 4.63. The topological polar surface area (TPSA) is 84.6 Å². The lowest BCUT2D eigenvalue weighted by Gasteiger charge is -2.35. The molecular weight excluding hydrogens is 346 g/mol. The molecule has 3 aromatic rings. The van der Waals surface area contributed by atoms with E-state index >= 15 is 0 Å². The van der Waals surface area contributed by atoms with Crippen LogP contribution >= 0.6 is 0 Å². The quantitative estimate of drug-likeness (QED) is 0.651. The van der Waals surface area contributed by atoms with Gasteiger partial charge in [0.25, 0.3) is 0 Å². The van der Waals surface area contributed by atoms with Crippen LogP contribution in [0.3, 0.4) is 0 Å². The summed E-state index contributed by atoms with van der Waals surface area (Å²) in [6, 6.07) is 9.77. The molecule has 0 saturated carbocycles. The van der Waals surface area contributed by atoms with E-state index in [1.54, 1.807) is 13.1 Å². The molecule has 0 amide bonds. The smallest absolute Gasteiger partial charge is 0.303 e. The van der Waals surface area contributed by atoms with Gasteiger partial charge in [0.15, 0.2) is 23.3 Å². The molecule has 0 aliphatic carbocycles. The van der Waals surface area contributed by atoms with E-state index in [0.29, 0.717) is 5.82 Å². The van der Waals surface area contributed by atoms with Crippen LogP contribution in [0.1, 0.15) is 25.8 Å². The molecule has 2 aromatic heterocycles. The van der Waals surface area contributed by atoms with Gasteiger partial charge in [0.05, 0.1) is 5.39 Å². The number of hydrogen-bond donors (Lipinski definition) is 0. The van der Waals surface area contributed by atoms with Crippen molar-refractivity contribution in [3.8, 4) is 0 Å². The average Bonchev–Trinajstić information content (AvgIpc) is 3.12. The number of fused-ring (bicyclic) bond motifs is 1. The van der Waals surface area contributed by atoms with E-state index in [1.165, 1.54) is 6.92 Å². The minimum absolute atomic E-state index is 0.343. The Hall–Kier alpha value is -3.16. The molecule has 1 aromatic carbocycles. The lowest BCUT2D eigenvalue weighted by Crippen LogP contribution is -2.47. The fraction of sp³-hybridized carbons (Fsp3) is 0.368. The van der Waals surface area contributed by atoms with Crippen molar-refractivity contribution in [3.63, 3.8) is 0 Å². The van der Waals surface area contributed by atoms with Gasteiger partial charge in [-0.25, -0.2) is 9.97 Å². The molecule has 140 valence electrons. The summed E-state index contributed by atoms with van der Waals surface area (Å²) < 4.78 is 10.6. The van der Waals surface area contributed by atoms with Gasteiger partial charge in [-0.3, -0.25) is 4.79 Å². The Morgan fingerprint density at radius 2 is 1.89 bits per heavy atom. The van der Waals surface area contributed by atoms with Crippen molar-refractivity contribution in [1.29, 1.82) is 0 Å². The summed E-state index contributed by atoms with van der Waals surface area (Å²) in [5, 5.41) is 5.27. The summed E-state index contributed by atoms with van der Waals surface area (Å²) in [6.45, 7) is 6.39. The SMILES string of the molecule is CC(=O)O[C@H](C)c1nccc(N2CCN(c3noc4ccccc34)CC2)n1. The van der Waals surface area contributed by atoms with Crippen LogP contribution < -0.4 is 9.80 Å². The molecule has 4 rings (SSSR count). The fourth-order valence-corrected chi connectivity index (χ4v) is 3.29. The fourth-order valence-electron chi connectivity index (χ4n) is 3.29. The number of anilines is 2. The van der Waals surface area contributed by atoms with Gasteiger partial charge in [-0.05, 0) is 25.1 Å². The molecule has 8 heteroatoms. The Bertz CT molecular complexity index is 949. The molecule has 8 nitrogen and oxygen atoms in total. The first-order valence-electron chi connectivity index (χ1n) is 8.96. The van der Waals surface area contributed by atoms with Crippen LogP contribution in [0.25, 0.3) is 11.0 Å². The van der Waals surface area contributed by atoms with Crippen molar-refractivity contribution in [2.75, 3.05) is 36.0 Å². The first kappa shape index (κ1) is 17.3. The zero-order valence-electron chi connectivity index (χ0n) is 15.3. The van der Waals surface area contributed by atoms with Crippen LogP contribution in [0, 0.1) is 0 Å². The molecule has 1 aliphatic heterocycles. The minimum atomic E-state index is -0.467. The minimum Gasteiger partial charge on any atom is -0.455 e. The second kappa shape index (κ2) is 7.22. The Balaban J connectivity index is 1.46. The van der Waals surface area contributed by atoms with Gasteiger partial charge in [-0.15, -0.1) is 0 Å². The second-order valence-electron chi connectivity index (χ2n) is 6.50. The van der Waals surface area contributed by atoms with Gasteiger partial charge < -0.3 is 19.1 Å². The predicted octanol–water partition coefficient (Wildman–Crippen LogP) is 2.57. The monoisotopic (exact) mass is 367 g/mol. The number of rotatable bonds is 4. The van der Waals surface area contributed by atoms with E-state index in [4.69, 9.17) is 9.26 Å². The first-order valence-corrected chi connectivity index (χ1v) is 8.96. The number of benzene rings is 1. The number of para-hydroxylation sites is 1. The third-order valence-corrected chi connectivity index (χ3v) is 4.63. The van der Waals surface area contributed by atoms with Crippen molar-refractivity contribution in [1.82, 2.24) is 15.1 Å². The molecular formula is C19H21N5O3. The highest BCUT2D eigenvalue weighted by Gasteiger charge is 2.23. The van der Waals surface area contributed by atoms with Crippen molar-refractivity contribution >= 4 is 28.6 Å². The van der Waals surface area contributed by atoms with Gasteiger partial charge in [0.2, 0.25) is 0 Å². The van der Waals surface area contributed by atoms with Gasteiger partial charge in [-0.2, -0.15) is 0 Å². The standard InChI is InChI=1S/C19H21N5O3/c1-13(26-14(2)25)18-20-8-7-17(21-18)23-9-11-24(12-10-23)19-15-5-3-4-6-16(15)27-22-19/h3-8,13H,9-12H2,1-2H3/t13-/m1/s1. The highest BCUT2D eigenvalue weighted by molar-refractivity contribution is 5.88. The Kier molecular flexibility index (Phi) is 4.62.